The van der Waals surface area contributed by atoms with Gasteiger partial charge in [0.15, 0.2) is 52.4 Å². The van der Waals surface area contributed by atoms with E-state index in [9.17, 15) is 39.5 Å². The summed E-state index contributed by atoms with van der Waals surface area (Å²) in [5.74, 6) is -46.7. The summed E-state index contributed by atoms with van der Waals surface area (Å²) in [6, 6.07) is 4.76. The third kappa shape index (κ3) is 8.93. The van der Waals surface area contributed by atoms with Crippen LogP contribution in [0.25, 0.3) is 0 Å². The molecular weight excluding hydrogens is 877 g/mol. The van der Waals surface area contributed by atoms with E-state index in [2.05, 4.69) is 18.8 Å². The number of hydrogen-bond donors (Lipinski definition) is 0. The van der Waals surface area contributed by atoms with Gasteiger partial charge >= 0.3 is 16.5 Å². The first-order valence-corrected chi connectivity index (χ1v) is 17.1. The first kappa shape index (κ1) is 49.9. The van der Waals surface area contributed by atoms with Crippen LogP contribution in [0.15, 0.2) is 47.5 Å². The molecule has 0 saturated carbocycles. The summed E-state index contributed by atoms with van der Waals surface area (Å²) in [6.07, 6.45) is 2.18. The fourth-order valence-corrected chi connectivity index (χ4v) is 6.19. The standard InChI is InChI=1S/C34H22BF15NO.C7H7.Ni/c1-10(2)14-8-7-9-15(11(3)4)34(14)51-12(5)13(6)52-35(16-19(36)25(42)31(48)26(43)20(16)37,17-21(38)27(44)32(49)28(45)22(17)39)18-23(40)29(46)33(50)30(47)24(18)41;1-7-5-3-2-4-6-7;/h7-11H,6H2,1-5H3;2-6H,1H2;/q-1;;+2. The molecule has 2 nitrogen and oxygen atoms in total. The van der Waals surface area contributed by atoms with E-state index in [0.717, 1.165) is 12.8 Å². The first-order valence-electron chi connectivity index (χ1n) is 17.1. The Labute approximate surface area is 345 Å². The summed E-state index contributed by atoms with van der Waals surface area (Å²) in [7, 11) is 0. The average molecular weight is 906 g/mol. The topological polar surface area (TPSA) is 21.6 Å². The van der Waals surface area contributed by atoms with Crippen molar-refractivity contribution >= 4 is 34.1 Å². The van der Waals surface area contributed by atoms with Crippen molar-refractivity contribution in [2.24, 2.45) is 4.99 Å². The van der Waals surface area contributed by atoms with Crippen molar-refractivity contribution in [3.8, 4) is 0 Å². The normalized spacial score (nSPS) is 13.4. The van der Waals surface area contributed by atoms with Gasteiger partial charge in [0.05, 0.1) is 11.8 Å². The van der Waals surface area contributed by atoms with Gasteiger partial charge in [-0.15, -0.1) is 0 Å². The van der Waals surface area contributed by atoms with Gasteiger partial charge in [0.2, 0.25) is 6.35 Å². The molecule has 0 aromatic heterocycles. The third-order valence-electron chi connectivity index (χ3n) is 9.14. The van der Waals surface area contributed by atoms with Gasteiger partial charge < -0.3 is 4.65 Å². The summed E-state index contributed by atoms with van der Waals surface area (Å²) in [5.41, 5.74) is -8.43. The van der Waals surface area contributed by atoms with Crippen LogP contribution in [0.3, 0.4) is 0 Å². The molecule has 0 N–H and O–H groups in total. The third-order valence-corrected chi connectivity index (χ3v) is 9.14. The van der Waals surface area contributed by atoms with E-state index < -0.39 is 122 Å². The Bertz CT molecular complexity index is 2100. The second-order valence-corrected chi connectivity index (χ2v) is 13.6. The summed E-state index contributed by atoms with van der Waals surface area (Å²) in [6.45, 7) is 14.7. The van der Waals surface area contributed by atoms with E-state index >= 15 is 26.3 Å². The number of halogens is 15. The van der Waals surface area contributed by atoms with Crippen molar-refractivity contribution in [1.29, 1.82) is 0 Å². The molecule has 1 aliphatic rings. The molecule has 1 aliphatic carbocycles. The Balaban J connectivity index is 0.00000109. The van der Waals surface area contributed by atoms with Crippen LogP contribution in [0, 0.1) is 120 Å². The Hall–Kier alpha value is -4.50. The van der Waals surface area contributed by atoms with E-state index in [1.165, 1.54) is 0 Å². The fourth-order valence-electron chi connectivity index (χ4n) is 6.19. The van der Waals surface area contributed by atoms with Gasteiger partial charge in [-0.2, -0.15) is 0 Å². The maximum absolute atomic E-state index is 15.8. The molecule has 60 heavy (non-hydrogen) atoms. The van der Waals surface area contributed by atoms with Crippen LogP contribution in [0.2, 0.25) is 0 Å². The summed E-state index contributed by atoms with van der Waals surface area (Å²) < 4.78 is 231. The molecule has 0 amide bonds. The Kier molecular flexibility index (Phi) is 16.2. The molecule has 4 aromatic carbocycles. The number of para-hydroxylation sites is 1. The Morgan fingerprint density at radius 3 is 1.10 bits per heavy atom. The Morgan fingerprint density at radius 1 is 0.533 bits per heavy atom. The smallest absolute Gasteiger partial charge is 0.567 e. The zero-order valence-corrected chi connectivity index (χ0v) is 32.6. The molecule has 0 bridgehead atoms. The van der Waals surface area contributed by atoms with Crippen molar-refractivity contribution in [3.63, 3.8) is 0 Å². The van der Waals surface area contributed by atoms with Gasteiger partial charge in [-0.25, -0.2) is 65.9 Å². The minimum atomic E-state index is -6.30. The fraction of sp³-hybridized carbons (Fsp3) is 0.171. The van der Waals surface area contributed by atoms with Crippen molar-refractivity contribution < 1.29 is 87.0 Å². The van der Waals surface area contributed by atoms with E-state index in [1.54, 1.807) is 45.9 Å². The zero-order valence-electron chi connectivity index (χ0n) is 31.6. The molecule has 0 atom stereocenters. The van der Waals surface area contributed by atoms with Crippen LogP contribution in [0.1, 0.15) is 57.6 Å². The maximum atomic E-state index is 15.8. The average Bonchev–Trinajstić information content (AvgIpc) is 3.19. The predicted molar refractivity (Wildman–Crippen MR) is 192 cm³/mol. The molecule has 19 heteroatoms. The molecule has 0 spiro atoms. The van der Waals surface area contributed by atoms with Gasteiger partial charge in [0, 0.05) is 11.6 Å². The molecule has 321 valence electrons. The molecule has 5 rings (SSSR count). The van der Waals surface area contributed by atoms with Crippen LogP contribution >= 0.6 is 0 Å². The monoisotopic (exact) mass is 905 g/mol. The zero-order chi connectivity index (χ0) is 44.6. The van der Waals surface area contributed by atoms with Crippen molar-refractivity contribution in [2.45, 2.75) is 46.5 Å². The van der Waals surface area contributed by atoms with E-state index in [4.69, 9.17) is 4.65 Å². The van der Waals surface area contributed by atoms with Crippen LogP contribution in [-0.4, -0.2) is 12.1 Å². The summed E-state index contributed by atoms with van der Waals surface area (Å²) >= 11 is 0. The predicted octanol–water partition coefficient (Wildman–Crippen LogP) is 10.9. The SMILES string of the molecule is [CH2][C](O[B-](c1c(F)c(F)c(F)c(F)c1F)(c1c(F)c(F)c(F)c(F)c1F)c1c(F)c(F)c(F)c(F)c1F)C(C)=Nc1c(C(C)C)cccc1C(C)C.[CH2][C]1[CH]C=CC=C1.[Ni+2]. The second kappa shape index (κ2) is 19.5. The molecule has 0 unspecified atom stereocenters. The van der Waals surface area contributed by atoms with Gasteiger partial charge in [-0.1, -0.05) is 86.6 Å². The van der Waals surface area contributed by atoms with Crippen LogP contribution in [-0.2, 0) is 21.1 Å². The largest absolute Gasteiger partial charge is 2.00 e. The quantitative estimate of drug-likeness (QED) is 0.0539. The van der Waals surface area contributed by atoms with Gasteiger partial charge in [0.25, 0.3) is 0 Å². The minimum absolute atomic E-state index is 0. The minimum Gasteiger partial charge on any atom is -0.567 e. The molecule has 0 fully saturated rings. The number of allylic oxidation sites excluding steroid dienone is 4. The van der Waals surface area contributed by atoms with Crippen molar-refractivity contribution in [1.82, 2.24) is 0 Å². The summed E-state index contributed by atoms with van der Waals surface area (Å²) in [5, 5.41) is 0. The second-order valence-electron chi connectivity index (χ2n) is 13.6. The molecule has 0 aliphatic heterocycles. The van der Waals surface area contributed by atoms with E-state index in [1.807, 2.05) is 30.7 Å². The van der Waals surface area contributed by atoms with Crippen molar-refractivity contribution in [2.75, 3.05) is 0 Å². The first-order chi connectivity index (χ1) is 27.4. The molecule has 5 radical (unpaired) electrons. The van der Waals surface area contributed by atoms with Gasteiger partial charge in [-0.05, 0) is 50.2 Å². The van der Waals surface area contributed by atoms with Crippen LogP contribution in [0.5, 0.6) is 0 Å². The number of benzene rings is 4. The van der Waals surface area contributed by atoms with Crippen LogP contribution in [0.4, 0.5) is 71.5 Å². The van der Waals surface area contributed by atoms with Gasteiger partial charge in [0.1, 0.15) is 34.9 Å². The van der Waals surface area contributed by atoms with E-state index in [0.29, 0.717) is 11.1 Å². The number of rotatable bonds is 9. The Morgan fingerprint density at radius 2 is 0.850 bits per heavy atom. The molecule has 0 heterocycles. The number of nitrogens with zero attached hydrogens (tertiary/aromatic N) is 1. The maximum Gasteiger partial charge on any atom is 2.00 e. The van der Waals surface area contributed by atoms with Crippen LogP contribution < -0.4 is 16.4 Å². The molecule has 4 aromatic rings. The summed E-state index contributed by atoms with van der Waals surface area (Å²) in [4.78, 5) is 4.26. The van der Waals surface area contributed by atoms with E-state index in [-0.39, 0.29) is 34.0 Å². The number of aliphatic imine (C=N–C) groups is 1. The molecular formula is C41H29BF15NNiO+. The van der Waals surface area contributed by atoms with Crippen molar-refractivity contribution in [3.05, 3.63) is 173 Å². The number of hydrogen-bond acceptors (Lipinski definition) is 2. The molecule has 0 saturated heterocycles. The van der Waals surface area contributed by atoms with Gasteiger partial charge in [-0.3, -0.25) is 4.99 Å².